The molecule has 0 aliphatic carbocycles. The molecule has 0 bridgehead atoms. The van der Waals surface area contributed by atoms with Crippen LogP contribution in [0, 0.1) is 6.92 Å². The molecule has 0 radical (unpaired) electrons. The van der Waals surface area contributed by atoms with Gasteiger partial charge in [-0.3, -0.25) is 4.79 Å². The second kappa shape index (κ2) is 8.40. The number of carbonyl (C=O) groups is 1. The number of aromatic nitrogens is 2. The van der Waals surface area contributed by atoms with Crippen LogP contribution in [0.15, 0.2) is 48.7 Å². The predicted molar refractivity (Wildman–Crippen MR) is 105 cm³/mol. The van der Waals surface area contributed by atoms with E-state index in [0.717, 1.165) is 22.6 Å². The van der Waals surface area contributed by atoms with Gasteiger partial charge in [-0.15, -0.1) is 0 Å². The first-order chi connectivity index (χ1) is 13.1. The second-order valence-corrected chi connectivity index (χ2v) is 6.02. The lowest BCUT2D eigenvalue weighted by Gasteiger charge is -2.09. The van der Waals surface area contributed by atoms with Crippen molar-refractivity contribution < 1.29 is 14.3 Å². The first-order valence-corrected chi connectivity index (χ1v) is 8.81. The summed E-state index contributed by atoms with van der Waals surface area (Å²) in [7, 11) is 1.59. The van der Waals surface area contributed by atoms with Crippen LogP contribution in [0.2, 0.25) is 0 Å². The predicted octanol–water partition coefficient (Wildman–Crippen LogP) is 3.38. The molecule has 3 aromatic rings. The Bertz CT molecular complexity index is 976. The van der Waals surface area contributed by atoms with E-state index < -0.39 is 0 Å². The van der Waals surface area contributed by atoms with Gasteiger partial charge in [0.1, 0.15) is 5.65 Å². The molecule has 2 aromatic heterocycles. The number of pyridine rings is 1. The number of methoxy groups -OCH3 is 1. The third-order valence-electron chi connectivity index (χ3n) is 4.10. The van der Waals surface area contributed by atoms with E-state index >= 15 is 0 Å². The van der Waals surface area contributed by atoms with Crippen molar-refractivity contribution in [3.05, 3.63) is 65.6 Å². The highest BCUT2D eigenvalue weighted by atomic mass is 16.5. The van der Waals surface area contributed by atoms with E-state index in [1.807, 2.05) is 60.8 Å². The van der Waals surface area contributed by atoms with Crippen LogP contribution in [0.3, 0.4) is 0 Å². The second-order valence-electron chi connectivity index (χ2n) is 6.02. The molecule has 3 rings (SSSR count). The first-order valence-electron chi connectivity index (χ1n) is 8.81. The molecular weight excluding hydrogens is 342 g/mol. The number of imidazole rings is 1. The van der Waals surface area contributed by atoms with Crippen molar-refractivity contribution in [3.8, 4) is 11.5 Å². The van der Waals surface area contributed by atoms with Crippen LogP contribution in [-0.4, -0.2) is 29.0 Å². The van der Waals surface area contributed by atoms with Gasteiger partial charge in [-0.05, 0) is 49.8 Å². The molecular formula is C21H23N3O3. The number of benzene rings is 1. The summed E-state index contributed by atoms with van der Waals surface area (Å²) in [6, 6.07) is 11.5. The number of aryl methyl sites for hydroxylation is 1. The number of nitrogens with one attached hydrogen (secondary N) is 1. The summed E-state index contributed by atoms with van der Waals surface area (Å²) in [5.74, 6) is 1.14. The van der Waals surface area contributed by atoms with Crippen molar-refractivity contribution in [1.29, 1.82) is 0 Å². The van der Waals surface area contributed by atoms with Crippen LogP contribution >= 0.6 is 0 Å². The SMILES string of the molecule is CCOc1ccc(/C=C/C(=O)NCc2cn3c(C)cccc3n2)cc1OC. The van der Waals surface area contributed by atoms with Gasteiger partial charge < -0.3 is 19.2 Å². The Hall–Kier alpha value is -3.28. The molecule has 140 valence electrons. The molecule has 6 nitrogen and oxygen atoms in total. The van der Waals surface area contributed by atoms with Crippen molar-refractivity contribution in [2.24, 2.45) is 0 Å². The van der Waals surface area contributed by atoms with Gasteiger partial charge in [-0.25, -0.2) is 4.98 Å². The van der Waals surface area contributed by atoms with Gasteiger partial charge in [-0.2, -0.15) is 0 Å². The Morgan fingerprint density at radius 3 is 2.85 bits per heavy atom. The lowest BCUT2D eigenvalue weighted by atomic mass is 10.2. The third kappa shape index (κ3) is 4.47. The molecule has 0 spiro atoms. The van der Waals surface area contributed by atoms with Crippen molar-refractivity contribution in [2.75, 3.05) is 13.7 Å². The molecule has 1 amide bonds. The number of fused-ring (bicyclic) bond motifs is 1. The standard InChI is InChI=1S/C21H23N3O3/c1-4-27-18-10-8-16(12-19(18)26-3)9-11-21(25)22-13-17-14-24-15(2)6-5-7-20(24)23-17/h5-12,14H,4,13H2,1-3H3,(H,22,25)/b11-9+. The lowest BCUT2D eigenvalue weighted by molar-refractivity contribution is -0.116. The van der Waals surface area contributed by atoms with Crippen LogP contribution in [0.5, 0.6) is 11.5 Å². The van der Waals surface area contributed by atoms with E-state index in [0.29, 0.717) is 24.7 Å². The van der Waals surface area contributed by atoms with E-state index in [1.165, 1.54) is 6.08 Å². The van der Waals surface area contributed by atoms with Gasteiger partial charge in [0.25, 0.3) is 0 Å². The molecule has 0 aliphatic rings. The van der Waals surface area contributed by atoms with Gasteiger partial charge in [-0.1, -0.05) is 12.1 Å². The molecule has 1 N–H and O–H groups in total. The fourth-order valence-corrected chi connectivity index (χ4v) is 2.76. The topological polar surface area (TPSA) is 64.9 Å². The molecule has 0 saturated heterocycles. The van der Waals surface area contributed by atoms with Crippen LogP contribution in [-0.2, 0) is 11.3 Å². The fraction of sp³-hybridized carbons (Fsp3) is 0.238. The van der Waals surface area contributed by atoms with E-state index in [-0.39, 0.29) is 5.91 Å². The van der Waals surface area contributed by atoms with E-state index in [9.17, 15) is 4.79 Å². The summed E-state index contributed by atoms with van der Waals surface area (Å²) in [5, 5.41) is 2.85. The Morgan fingerprint density at radius 2 is 2.11 bits per heavy atom. The third-order valence-corrected chi connectivity index (χ3v) is 4.10. The number of hydrogen-bond acceptors (Lipinski definition) is 4. The molecule has 0 atom stereocenters. The van der Waals surface area contributed by atoms with Gasteiger partial charge in [0.05, 0.1) is 26.0 Å². The number of rotatable bonds is 7. The zero-order valence-electron chi connectivity index (χ0n) is 15.7. The van der Waals surface area contributed by atoms with Crippen molar-refractivity contribution >= 4 is 17.6 Å². The summed E-state index contributed by atoms with van der Waals surface area (Å²) >= 11 is 0. The molecule has 27 heavy (non-hydrogen) atoms. The van der Waals surface area contributed by atoms with Crippen molar-refractivity contribution in [1.82, 2.24) is 14.7 Å². The van der Waals surface area contributed by atoms with Crippen LogP contribution in [0.1, 0.15) is 23.9 Å². The summed E-state index contributed by atoms with van der Waals surface area (Å²) in [5.41, 5.74) is 3.64. The number of carbonyl (C=O) groups excluding carboxylic acids is 1. The van der Waals surface area contributed by atoms with Crippen molar-refractivity contribution in [2.45, 2.75) is 20.4 Å². The van der Waals surface area contributed by atoms with Gasteiger partial charge in [0.2, 0.25) is 5.91 Å². The lowest BCUT2D eigenvalue weighted by Crippen LogP contribution is -2.20. The largest absolute Gasteiger partial charge is 0.493 e. The number of amides is 1. The first kappa shape index (κ1) is 18.5. The summed E-state index contributed by atoms with van der Waals surface area (Å²) in [6.07, 6.45) is 5.17. The Morgan fingerprint density at radius 1 is 1.26 bits per heavy atom. The maximum atomic E-state index is 12.1. The van der Waals surface area contributed by atoms with Gasteiger partial charge in [0.15, 0.2) is 11.5 Å². The summed E-state index contributed by atoms with van der Waals surface area (Å²) < 4.78 is 12.8. The molecule has 0 saturated carbocycles. The Kier molecular flexibility index (Phi) is 5.76. The average molecular weight is 365 g/mol. The fourth-order valence-electron chi connectivity index (χ4n) is 2.76. The van der Waals surface area contributed by atoms with Crippen LogP contribution < -0.4 is 14.8 Å². The summed E-state index contributed by atoms with van der Waals surface area (Å²) in [4.78, 5) is 16.6. The van der Waals surface area contributed by atoms with E-state index in [2.05, 4.69) is 10.3 Å². The highest BCUT2D eigenvalue weighted by Gasteiger charge is 2.06. The number of nitrogens with zero attached hydrogens (tertiary/aromatic N) is 2. The van der Waals surface area contributed by atoms with Crippen LogP contribution in [0.4, 0.5) is 0 Å². The molecule has 1 aromatic carbocycles. The monoisotopic (exact) mass is 365 g/mol. The zero-order valence-corrected chi connectivity index (χ0v) is 15.7. The normalized spacial score (nSPS) is 11.1. The zero-order chi connectivity index (χ0) is 19.2. The average Bonchev–Trinajstić information content (AvgIpc) is 3.10. The highest BCUT2D eigenvalue weighted by molar-refractivity contribution is 5.91. The van der Waals surface area contributed by atoms with Gasteiger partial charge in [0, 0.05) is 18.0 Å². The van der Waals surface area contributed by atoms with E-state index in [4.69, 9.17) is 9.47 Å². The molecule has 2 heterocycles. The quantitative estimate of drug-likeness (QED) is 0.652. The highest BCUT2D eigenvalue weighted by Crippen LogP contribution is 2.28. The Labute approximate surface area is 158 Å². The van der Waals surface area contributed by atoms with Crippen molar-refractivity contribution in [3.63, 3.8) is 0 Å². The van der Waals surface area contributed by atoms with Gasteiger partial charge >= 0.3 is 0 Å². The Balaban J connectivity index is 1.62. The molecule has 0 aliphatic heterocycles. The molecule has 0 fully saturated rings. The minimum atomic E-state index is -0.184. The maximum absolute atomic E-state index is 12.1. The van der Waals surface area contributed by atoms with E-state index in [1.54, 1.807) is 13.2 Å². The minimum Gasteiger partial charge on any atom is -0.493 e. The summed E-state index contributed by atoms with van der Waals surface area (Å²) in [6.45, 7) is 4.88. The molecule has 0 unspecified atom stereocenters. The smallest absolute Gasteiger partial charge is 0.244 e. The number of hydrogen-bond donors (Lipinski definition) is 1. The maximum Gasteiger partial charge on any atom is 0.244 e. The molecule has 6 heteroatoms. The minimum absolute atomic E-state index is 0.184. The van der Waals surface area contributed by atoms with Crippen LogP contribution in [0.25, 0.3) is 11.7 Å². The number of ether oxygens (including phenoxy) is 2.